The van der Waals surface area contributed by atoms with Crippen molar-refractivity contribution in [1.29, 1.82) is 0 Å². The quantitative estimate of drug-likeness (QED) is 0.326. The minimum Gasteiger partial charge on any atom is -0.493 e. The number of aromatic carboxylic acids is 1. The summed E-state index contributed by atoms with van der Waals surface area (Å²) >= 11 is 0. The van der Waals surface area contributed by atoms with Crippen LogP contribution in [0.1, 0.15) is 27.9 Å². The second-order valence-corrected chi connectivity index (χ2v) is 8.55. The van der Waals surface area contributed by atoms with E-state index >= 15 is 0 Å². The Morgan fingerprint density at radius 1 is 0.914 bits per heavy atom. The Labute approximate surface area is 207 Å². The van der Waals surface area contributed by atoms with Crippen LogP contribution >= 0.6 is 0 Å². The Kier molecular flexibility index (Phi) is 10.0. The lowest BCUT2D eigenvalue weighted by Gasteiger charge is -2.35. The van der Waals surface area contributed by atoms with E-state index in [0.29, 0.717) is 36.8 Å². The predicted molar refractivity (Wildman–Crippen MR) is 135 cm³/mol. The van der Waals surface area contributed by atoms with Gasteiger partial charge in [0.15, 0.2) is 11.5 Å². The molecule has 2 aromatic rings. The SMILES string of the molecule is COc1ccc(CN2CCN(CCCOCCc3ccc(C(=O)O)cc3N)CC2)c(OC)c1OC. The highest BCUT2D eigenvalue weighted by Gasteiger charge is 2.21. The normalized spacial score (nSPS) is 14.6. The van der Waals surface area contributed by atoms with E-state index in [2.05, 4.69) is 9.80 Å². The fraction of sp³-hybridized carbons (Fsp3) is 0.500. The molecule has 3 N–H and O–H groups in total. The van der Waals surface area contributed by atoms with Gasteiger partial charge in [-0.05, 0) is 36.6 Å². The number of nitrogen functional groups attached to an aromatic ring is 1. The maximum atomic E-state index is 11.0. The van der Waals surface area contributed by atoms with E-state index < -0.39 is 5.97 Å². The van der Waals surface area contributed by atoms with Crippen LogP contribution in [0.15, 0.2) is 30.3 Å². The lowest BCUT2D eigenvalue weighted by molar-refractivity contribution is 0.0697. The van der Waals surface area contributed by atoms with Crippen molar-refractivity contribution in [3.05, 3.63) is 47.0 Å². The van der Waals surface area contributed by atoms with Gasteiger partial charge in [-0.15, -0.1) is 0 Å². The summed E-state index contributed by atoms with van der Waals surface area (Å²) in [4.78, 5) is 15.9. The number of nitrogens with zero attached hydrogens (tertiary/aromatic N) is 2. The van der Waals surface area contributed by atoms with E-state index in [9.17, 15) is 4.79 Å². The van der Waals surface area contributed by atoms with Crippen molar-refractivity contribution in [2.75, 3.05) is 73.0 Å². The molecule has 0 radical (unpaired) electrons. The van der Waals surface area contributed by atoms with Crippen LogP contribution in [0.5, 0.6) is 17.2 Å². The fourth-order valence-corrected chi connectivity index (χ4v) is 4.33. The van der Waals surface area contributed by atoms with Gasteiger partial charge in [-0.25, -0.2) is 4.79 Å². The topological polar surface area (TPSA) is 107 Å². The second-order valence-electron chi connectivity index (χ2n) is 8.55. The van der Waals surface area contributed by atoms with Crippen LogP contribution < -0.4 is 19.9 Å². The monoisotopic (exact) mass is 487 g/mol. The van der Waals surface area contributed by atoms with Gasteiger partial charge in [0.25, 0.3) is 0 Å². The van der Waals surface area contributed by atoms with Crippen LogP contribution in [0.3, 0.4) is 0 Å². The highest BCUT2D eigenvalue weighted by atomic mass is 16.5. The van der Waals surface area contributed by atoms with Gasteiger partial charge in [0.2, 0.25) is 5.75 Å². The zero-order valence-corrected chi connectivity index (χ0v) is 20.9. The van der Waals surface area contributed by atoms with E-state index in [1.54, 1.807) is 33.5 Å². The molecule has 0 aliphatic carbocycles. The number of carboxylic acid groups (broad SMARTS) is 1. The first-order valence-corrected chi connectivity index (χ1v) is 11.9. The summed E-state index contributed by atoms with van der Waals surface area (Å²) < 4.78 is 22.3. The van der Waals surface area contributed by atoms with Gasteiger partial charge in [0, 0.05) is 57.1 Å². The molecule has 1 fully saturated rings. The molecule has 0 aromatic heterocycles. The Balaban J connectivity index is 1.34. The smallest absolute Gasteiger partial charge is 0.335 e. The third kappa shape index (κ3) is 7.24. The maximum Gasteiger partial charge on any atom is 0.335 e. The van der Waals surface area contributed by atoms with Crippen LogP contribution in [-0.2, 0) is 17.7 Å². The van der Waals surface area contributed by atoms with Crippen molar-refractivity contribution in [2.24, 2.45) is 0 Å². The molecule has 9 nitrogen and oxygen atoms in total. The summed E-state index contributed by atoms with van der Waals surface area (Å²) in [6.45, 7) is 7.08. The molecule has 2 aromatic carbocycles. The van der Waals surface area contributed by atoms with Crippen molar-refractivity contribution in [3.8, 4) is 17.2 Å². The Morgan fingerprint density at radius 2 is 1.60 bits per heavy atom. The minimum atomic E-state index is -0.971. The summed E-state index contributed by atoms with van der Waals surface area (Å²) in [7, 11) is 4.91. The summed E-state index contributed by atoms with van der Waals surface area (Å²) in [5, 5.41) is 9.02. The molecule has 35 heavy (non-hydrogen) atoms. The molecule has 0 unspecified atom stereocenters. The Morgan fingerprint density at radius 3 is 2.23 bits per heavy atom. The van der Waals surface area contributed by atoms with Gasteiger partial charge in [-0.1, -0.05) is 12.1 Å². The molecule has 1 heterocycles. The lowest BCUT2D eigenvalue weighted by atomic mass is 10.1. The van der Waals surface area contributed by atoms with Gasteiger partial charge in [-0.3, -0.25) is 4.90 Å². The Bertz CT molecular complexity index is 976. The average molecular weight is 488 g/mol. The zero-order chi connectivity index (χ0) is 25.2. The number of piperazine rings is 1. The van der Waals surface area contributed by atoms with E-state index in [1.807, 2.05) is 12.1 Å². The van der Waals surface area contributed by atoms with Crippen molar-refractivity contribution in [1.82, 2.24) is 9.80 Å². The summed E-state index contributed by atoms with van der Waals surface area (Å²) in [5.74, 6) is 1.05. The van der Waals surface area contributed by atoms with Gasteiger partial charge < -0.3 is 34.7 Å². The number of hydrogen-bond acceptors (Lipinski definition) is 8. The molecule has 0 spiro atoms. The molecule has 0 bridgehead atoms. The predicted octanol–water partition coefficient (Wildman–Crippen LogP) is 2.76. The molecule has 1 saturated heterocycles. The zero-order valence-electron chi connectivity index (χ0n) is 20.9. The first kappa shape index (κ1) is 26.6. The first-order chi connectivity index (χ1) is 17.0. The summed E-state index contributed by atoms with van der Waals surface area (Å²) in [5.41, 5.74) is 8.66. The number of methoxy groups -OCH3 is 3. The molecule has 0 atom stereocenters. The fourth-order valence-electron chi connectivity index (χ4n) is 4.33. The van der Waals surface area contributed by atoms with Crippen LogP contribution in [0.4, 0.5) is 5.69 Å². The average Bonchev–Trinajstić information content (AvgIpc) is 2.87. The maximum absolute atomic E-state index is 11.0. The molecule has 1 aliphatic heterocycles. The summed E-state index contributed by atoms with van der Waals surface area (Å²) in [6, 6.07) is 8.80. The van der Waals surface area contributed by atoms with Crippen molar-refractivity contribution in [2.45, 2.75) is 19.4 Å². The number of nitrogens with two attached hydrogens (primary N) is 1. The Hall–Kier alpha value is -3.01. The molecule has 3 rings (SSSR count). The standard InChI is InChI=1S/C26H37N3O6/c1-32-23-8-7-21(24(33-2)25(23)34-3)18-29-13-11-28(12-14-29)10-4-15-35-16-9-19-5-6-20(26(30)31)17-22(19)27/h5-8,17H,4,9-16,18,27H2,1-3H3,(H,30,31). The van der Waals surface area contributed by atoms with E-state index in [-0.39, 0.29) is 5.56 Å². The third-order valence-electron chi connectivity index (χ3n) is 6.32. The number of hydrogen-bond donors (Lipinski definition) is 2. The highest BCUT2D eigenvalue weighted by Crippen LogP contribution is 2.40. The third-order valence-corrected chi connectivity index (χ3v) is 6.32. The van der Waals surface area contributed by atoms with Gasteiger partial charge in [0.05, 0.1) is 33.5 Å². The lowest BCUT2D eigenvalue weighted by Crippen LogP contribution is -2.46. The molecule has 0 amide bonds. The van der Waals surface area contributed by atoms with Crippen LogP contribution in [0.2, 0.25) is 0 Å². The van der Waals surface area contributed by atoms with E-state index in [1.165, 1.54) is 6.07 Å². The highest BCUT2D eigenvalue weighted by molar-refractivity contribution is 5.88. The van der Waals surface area contributed by atoms with Gasteiger partial charge in [-0.2, -0.15) is 0 Å². The number of carboxylic acids is 1. The number of benzene rings is 2. The number of ether oxygens (including phenoxy) is 4. The van der Waals surface area contributed by atoms with Crippen LogP contribution in [-0.4, -0.2) is 88.1 Å². The molecule has 1 aliphatic rings. The number of carbonyl (C=O) groups is 1. The molecule has 9 heteroatoms. The van der Waals surface area contributed by atoms with Crippen molar-refractivity contribution in [3.63, 3.8) is 0 Å². The molecular weight excluding hydrogens is 450 g/mol. The summed E-state index contributed by atoms with van der Waals surface area (Å²) in [6.07, 6.45) is 1.64. The van der Waals surface area contributed by atoms with Crippen LogP contribution in [0, 0.1) is 0 Å². The first-order valence-electron chi connectivity index (χ1n) is 11.9. The second kappa shape index (κ2) is 13.2. The van der Waals surface area contributed by atoms with Crippen molar-refractivity contribution >= 4 is 11.7 Å². The van der Waals surface area contributed by atoms with E-state index in [0.717, 1.165) is 62.6 Å². The van der Waals surface area contributed by atoms with Gasteiger partial charge in [0.1, 0.15) is 0 Å². The molecular formula is C26H37N3O6. The van der Waals surface area contributed by atoms with E-state index in [4.69, 9.17) is 29.8 Å². The molecule has 0 saturated carbocycles. The largest absolute Gasteiger partial charge is 0.493 e. The number of anilines is 1. The van der Waals surface area contributed by atoms with Crippen molar-refractivity contribution < 1.29 is 28.8 Å². The molecule has 192 valence electrons. The minimum absolute atomic E-state index is 0.204. The van der Waals surface area contributed by atoms with Gasteiger partial charge >= 0.3 is 5.97 Å². The van der Waals surface area contributed by atoms with Crippen LogP contribution in [0.25, 0.3) is 0 Å². The number of rotatable bonds is 13.